The first-order chi connectivity index (χ1) is 14.9. The molecular weight excluding hydrogens is 439 g/mol. The molecule has 2 aromatic carbocycles. The first-order valence-corrected chi connectivity index (χ1v) is 10.8. The smallest absolute Gasteiger partial charge is 0.163 e. The number of hydrogen-bond donors (Lipinski definition) is 2. The number of methoxy groups -OCH3 is 1. The summed E-state index contributed by atoms with van der Waals surface area (Å²) in [7, 11) is 1.60. The van der Waals surface area contributed by atoms with Crippen LogP contribution in [-0.4, -0.2) is 48.5 Å². The maximum atomic E-state index is 6.13. The number of benzene rings is 2. The van der Waals surface area contributed by atoms with Crippen LogP contribution in [0.3, 0.4) is 0 Å². The third-order valence-electron chi connectivity index (χ3n) is 5.31. The summed E-state index contributed by atoms with van der Waals surface area (Å²) in [6.45, 7) is 5.31. The predicted octanol–water partition coefficient (Wildman–Crippen LogP) is 4.83. The van der Waals surface area contributed by atoms with E-state index in [1.54, 1.807) is 19.2 Å². The molecule has 1 unspecified atom stereocenters. The Morgan fingerprint density at radius 1 is 1.13 bits per heavy atom. The van der Waals surface area contributed by atoms with Crippen molar-refractivity contribution in [2.75, 3.05) is 25.6 Å². The molecule has 1 aromatic heterocycles. The summed E-state index contributed by atoms with van der Waals surface area (Å²) < 4.78 is 17.6. The van der Waals surface area contributed by atoms with Crippen LogP contribution in [-0.2, 0) is 4.74 Å². The Balaban J connectivity index is 1.57. The van der Waals surface area contributed by atoms with Crippen molar-refractivity contribution in [1.82, 2.24) is 15.3 Å². The van der Waals surface area contributed by atoms with Gasteiger partial charge < -0.3 is 24.8 Å². The molecule has 0 bridgehead atoms. The van der Waals surface area contributed by atoms with E-state index in [9.17, 15) is 0 Å². The van der Waals surface area contributed by atoms with Crippen molar-refractivity contribution in [3.8, 4) is 11.5 Å². The van der Waals surface area contributed by atoms with Crippen molar-refractivity contribution in [3.63, 3.8) is 0 Å². The third-order valence-corrected chi connectivity index (χ3v) is 6.05. The number of nitrogens with one attached hydrogen (secondary N) is 2. The van der Waals surface area contributed by atoms with E-state index in [2.05, 4.69) is 34.4 Å². The van der Waals surface area contributed by atoms with E-state index < -0.39 is 0 Å². The van der Waals surface area contributed by atoms with Gasteiger partial charge in [-0.05, 0) is 38.1 Å². The maximum Gasteiger partial charge on any atom is 0.163 e. The van der Waals surface area contributed by atoms with Gasteiger partial charge in [0.05, 0.1) is 28.8 Å². The van der Waals surface area contributed by atoms with Gasteiger partial charge in [0.25, 0.3) is 0 Å². The Morgan fingerprint density at radius 3 is 2.71 bits per heavy atom. The quantitative estimate of drug-likeness (QED) is 0.542. The molecule has 0 spiro atoms. The first-order valence-electron chi connectivity index (χ1n) is 10.0. The summed E-state index contributed by atoms with van der Waals surface area (Å²) in [5, 5.41) is 8.43. The van der Waals surface area contributed by atoms with Gasteiger partial charge in [-0.2, -0.15) is 0 Å². The van der Waals surface area contributed by atoms with Crippen LogP contribution in [0.5, 0.6) is 11.5 Å². The van der Waals surface area contributed by atoms with Crippen LogP contribution in [0.15, 0.2) is 36.7 Å². The fourth-order valence-electron chi connectivity index (χ4n) is 3.38. The molecule has 1 aliphatic rings. The maximum absolute atomic E-state index is 6.13. The zero-order valence-electron chi connectivity index (χ0n) is 17.5. The number of fused-ring (bicyclic) bond motifs is 1. The SMILES string of the molecule is COc1cc2c(Nc3ccc(Cl)c(Cl)c3)ncnc2cc1OCC1CN[C@@H](C)[C@H](C)O1. The number of morpholine rings is 1. The summed E-state index contributed by atoms with van der Waals surface area (Å²) in [4.78, 5) is 8.76. The van der Waals surface area contributed by atoms with Crippen LogP contribution in [0, 0.1) is 0 Å². The molecule has 0 aliphatic carbocycles. The van der Waals surface area contributed by atoms with Crippen LogP contribution >= 0.6 is 23.2 Å². The first kappa shape index (κ1) is 21.9. The molecule has 2 heterocycles. The van der Waals surface area contributed by atoms with E-state index in [1.807, 2.05) is 18.2 Å². The molecule has 0 amide bonds. The number of rotatable bonds is 6. The minimum Gasteiger partial charge on any atom is -0.493 e. The highest BCUT2D eigenvalue weighted by Crippen LogP contribution is 2.35. The molecule has 1 aliphatic heterocycles. The van der Waals surface area contributed by atoms with Gasteiger partial charge in [-0.25, -0.2) is 9.97 Å². The van der Waals surface area contributed by atoms with Gasteiger partial charge in [0.15, 0.2) is 11.5 Å². The molecule has 164 valence electrons. The largest absolute Gasteiger partial charge is 0.493 e. The van der Waals surface area contributed by atoms with Crippen LogP contribution < -0.4 is 20.1 Å². The standard InChI is InChI=1S/C22H24Cl2N4O3/c1-12-13(2)31-15(9-25-12)10-30-21-8-19-16(7-20(21)29-3)22(27-11-26-19)28-14-4-5-17(23)18(24)6-14/h4-8,11-13,15,25H,9-10H2,1-3H3,(H,26,27,28)/t12-,13-,15?/m0/s1. The van der Waals surface area contributed by atoms with Gasteiger partial charge in [-0.3, -0.25) is 0 Å². The van der Waals surface area contributed by atoms with E-state index >= 15 is 0 Å². The van der Waals surface area contributed by atoms with E-state index in [0.717, 1.165) is 23.1 Å². The fourth-order valence-corrected chi connectivity index (χ4v) is 3.68. The summed E-state index contributed by atoms with van der Waals surface area (Å²) in [5.41, 5.74) is 1.48. The lowest BCUT2D eigenvalue weighted by Crippen LogP contribution is -2.51. The lowest BCUT2D eigenvalue weighted by Gasteiger charge is -2.33. The molecule has 2 N–H and O–H groups in total. The molecule has 1 fully saturated rings. The molecule has 4 rings (SSSR count). The normalized spacial score (nSPS) is 21.1. The van der Waals surface area contributed by atoms with Crippen LogP contribution in [0.2, 0.25) is 10.0 Å². The van der Waals surface area contributed by atoms with Crippen molar-refractivity contribution in [1.29, 1.82) is 0 Å². The fraction of sp³-hybridized carbons (Fsp3) is 0.364. The van der Waals surface area contributed by atoms with Crippen molar-refractivity contribution in [3.05, 3.63) is 46.7 Å². The highest BCUT2D eigenvalue weighted by molar-refractivity contribution is 6.42. The van der Waals surface area contributed by atoms with Gasteiger partial charge in [0.2, 0.25) is 0 Å². The van der Waals surface area contributed by atoms with Gasteiger partial charge in [-0.15, -0.1) is 0 Å². The highest BCUT2D eigenvalue weighted by Gasteiger charge is 2.25. The Labute approximate surface area is 191 Å². The topological polar surface area (TPSA) is 77.5 Å². The Kier molecular flexibility index (Phi) is 6.67. The second-order valence-electron chi connectivity index (χ2n) is 7.47. The molecule has 31 heavy (non-hydrogen) atoms. The summed E-state index contributed by atoms with van der Waals surface area (Å²) in [5.74, 6) is 1.81. The number of hydrogen-bond acceptors (Lipinski definition) is 7. The average molecular weight is 463 g/mol. The lowest BCUT2D eigenvalue weighted by molar-refractivity contribution is -0.0663. The summed E-state index contributed by atoms with van der Waals surface area (Å²) in [6, 6.07) is 9.33. The zero-order valence-corrected chi connectivity index (χ0v) is 19.0. The van der Waals surface area contributed by atoms with Crippen molar-refractivity contribution in [2.45, 2.75) is 32.1 Å². The van der Waals surface area contributed by atoms with Crippen LogP contribution in [0.4, 0.5) is 11.5 Å². The monoisotopic (exact) mass is 462 g/mol. The summed E-state index contributed by atoms with van der Waals surface area (Å²) >= 11 is 12.1. The van der Waals surface area contributed by atoms with E-state index in [0.29, 0.717) is 40.0 Å². The Morgan fingerprint density at radius 2 is 1.97 bits per heavy atom. The molecule has 0 radical (unpaired) electrons. The third kappa shape index (κ3) is 4.96. The van der Waals surface area contributed by atoms with Crippen LogP contribution in [0.1, 0.15) is 13.8 Å². The minimum atomic E-state index is -0.0381. The van der Waals surface area contributed by atoms with Gasteiger partial charge >= 0.3 is 0 Å². The Bertz CT molecular complexity index is 1080. The van der Waals surface area contributed by atoms with E-state index in [4.69, 9.17) is 37.4 Å². The van der Waals surface area contributed by atoms with E-state index in [1.165, 1.54) is 6.33 Å². The molecule has 1 saturated heterocycles. The number of halogens is 2. The Hall–Kier alpha value is -2.32. The van der Waals surface area contributed by atoms with Crippen LogP contribution in [0.25, 0.3) is 10.9 Å². The van der Waals surface area contributed by atoms with Gasteiger partial charge in [-0.1, -0.05) is 23.2 Å². The second kappa shape index (κ2) is 9.44. The predicted molar refractivity (Wildman–Crippen MR) is 123 cm³/mol. The van der Waals surface area contributed by atoms with Gasteiger partial charge in [0, 0.05) is 29.7 Å². The molecule has 0 saturated carbocycles. The van der Waals surface area contributed by atoms with E-state index in [-0.39, 0.29) is 12.2 Å². The second-order valence-corrected chi connectivity index (χ2v) is 8.28. The number of aromatic nitrogens is 2. The molecule has 9 heteroatoms. The van der Waals surface area contributed by atoms with Crippen molar-refractivity contribution in [2.24, 2.45) is 0 Å². The summed E-state index contributed by atoms with van der Waals surface area (Å²) in [6.07, 6.45) is 1.59. The van der Waals surface area contributed by atoms with Crippen molar-refractivity contribution >= 4 is 45.6 Å². The number of nitrogens with zero attached hydrogens (tertiary/aromatic N) is 2. The minimum absolute atomic E-state index is 0.0381. The molecular formula is C22H24Cl2N4O3. The van der Waals surface area contributed by atoms with Crippen molar-refractivity contribution < 1.29 is 14.2 Å². The zero-order chi connectivity index (χ0) is 22.0. The number of anilines is 2. The molecule has 3 atom stereocenters. The molecule has 7 nitrogen and oxygen atoms in total. The number of ether oxygens (including phenoxy) is 3. The molecule has 3 aromatic rings. The lowest BCUT2D eigenvalue weighted by atomic mass is 10.1. The van der Waals surface area contributed by atoms with Gasteiger partial charge in [0.1, 0.15) is 24.9 Å². The highest BCUT2D eigenvalue weighted by atomic mass is 35.5. The average Bonchev–Trinajstić information content (AvgIpc) is 2.76.